The van der Waals surface area contributed by atoms with Crippen LogP contribution < -0.4 is 15.1 Å². The van der Waals surface area contributed by atoms with E-state index in [1.54, 1.807) is 12.1 Å². The van der Waals surface area contributed by atoms with Gasteiger partial charge in [0, 0.05) is 29.2 Å². The summed E-state index contributed by atoms with van der Waals surface area (Å²) < 4.78 is 27.9. The summed E-state index contributed by atoms with van der Waals surface area (Å²) in [6.45, 7) is 3.78. The third-order valence-electron chi connectivity index (χ3n) is 5.31. The second kappa shape index (κ2) is 8.87. The summed E-state index contributed by atoms with van der Waals surface area (Å²) in [6.07, 6.45) is 2.49. The van der Waals surface area contributed by atoms with Crippen LogP contribution >= 0.6 is 0 Å². The van der Waals surface area contributed by atoms with Crippen molar-refractivity contribution in [1.82, 2.24) is 0 Å². The van der Waals surface area contributed by atoms with E-state index < -0.39 is 27.8 Å². The highest BCUT2D eigenvalue weighted by molar-refractivity contribution is 7.92. The number of hydrogen-bond donors (Lipinski definition) is 2. The summed E-state index contributed by atoms with van der Waals surface area (Å²) >= 11 is 0. The molecule has 30 heavy (non-hydrogen) atoms. The molecule has 0 aromatic heterocycles. The number of carbonyl (C=O) groups is 2. The van der Waals surface area contributed by atoms with Gasteiger partial charge in [0.1, 0.15) is 0 Å². The molecule has 1 aliphatic rings. The van der Waals surface area contributed by atoms with Crippen molar-refractivity contribution in [2.24, 2.45) is 11.8 Å². The van der Waals surface area contributed by atoms with Crippen LogP contribution in [-0.4, -0.2) is 20.3 Å². The molecule has 1 saturated carbocycles. The Bertz CT molecular complexity index is 1030. The van der Waals surface area contributed by atoms with E-state index in [0.717, 1.165) is 24.0 Å². The number of benzene rings is 2. The van der Waals surface area contributed by atoms with Crippen molar-refractivity contribution in [2.45, 2.75) is 44.4 Å². The Morgan fingerprint density at radius 2 is 1.47 bits per heavy atom. The van der Waals surface area contributed by atoms with Crippen molar-refractivity contribution >= 4 is 33.3 Å². The van der Waals surface area contributed by atoms with Crippen molar-refractivity contribution in [3.63, 3.8) is 0 Å². The number of rotatable bonds is 6. The number of sulfonamides is 1. The van der Waals surface area contributed by atoms with Gasteiger partial charge >= 0.3 is 0 Å². The zero-order chi connectivity index (χ0) is 21.9. The smallest absolute Gasteiger partial charge is 0.261 e. The minimum absolute atomic E-state index is 0.0601. The van der Waals surface area contributed by atoms with Gasteiger partial charge in [-0.1, -0.05) is 18.9 Å². The number of nitrogens with one attached hydrogen (secondary N) is 2. The standard InChI is InChI=1S/C22H26N2O5S/c1-14-11-15(2)13-17(12-14)24-30(28,29)18-9-7-16(8-10-18)23-21(25)19-5-3-4-6-20(19)22(26)27/h7-13,19-20,24H,3-6H2,1-2H3,(H,23,25)(H,26,27)/p-1/t19-,20+/m1/s1. The van der Waals surface area contributed by atoms with Gasteiger partial charge in [-0.15, -0.1) is 0 Å². The van der Waals surface area contributed by atoms with Gasteiger partial charge in [0.05, 0.1) is 4.90 Å². The minimum Gasteiger partial charge on any atom is -0.550 e. The predicted molar refractivity (Wildman–Crippen MR) is 112 cm³/mol. The van der Waals surface area contributed by atoms with E-state index in [2.05, 4.69) is 10.0 Å². The van der Waals surface area contributed by atoms with E-state index in [-0.39, 0.29) is 10.8 Å². The Morgan fingerprint density at radius 3 is 2.03 bits per heavy atom. The molecule has 2 atom stereocenters. The first-order valence-electron chi connectivity index (χ1n) is 9.88. The minimum atomic E-state index is -3.78. The average molecular weight is 430 g/mol. The van der Waals surface area contributed by atoms with Crippen LogP contribution in [0.1, 0.15) is 36.8 Å². The molecule has 7 nitrogen and oxygen atoms in total. The normalized spacial score (nSPS) is 19.1. The molecule has 1 fully saturated rings. The maximum atomic E-state index is 12.7. The summed E-state index contributed by atoms with van der Waals surface area (Å²) in [6, 6.07) is 11.2. The number of carboxylic acid groups (broad SMARTS) is 1. The third kappa shape index (κ3) is 5.18. The molecular formula is C22H25N2O5S-. The molecule has 0 unspecified atom stereocenters. The number of aryl methyl sites for hydroxylation is 2. The maximum absolute atomic E-state index is 12.7. The van der Waals surface area contributed by atoms with Gasteiger partial charge < -0.3 is 15.2 Å². The number of carboxylic acids is 1. The van der Waals surface area contributed by atoms with Crippen molar-refractivity contribution in [3.8, 4) is 0 Å². The summed E-state index contributed by atoms with van der Waals surface area (Å²) in [7, 11) is -3.78. The zero-order valence-corrected chi connectivity index (χ0v) is 17.8. The van der Waals surface area contributed by atoms with Gasteiger partial charge in [-0.3, -0.25) is 9.52 Å². The van der Waals surface area contributed by atoms with Crippen LogP contribution in [0.15, 0.2) is 47.4 Å². The lowest BCUT2D eigenvalue weighted by atomic mass is 9.78. The van der Waals surface area contributed by atoms with E-state index in [1.165, 1.54) is 24.3 Å². The monoisotopic (exact) mass is 429 g/mol. The van der Waals surface area contributed by atoms with Gasteiger partial charge in [0.25, 0.3) is 10.0 Å². The van der Waals surface area contributed by atoms with Crippen molar-refractivity contribution in [1.29, 1.82) is 0 Å². The topological polar surface area (TPSA) is 115 Å². The van der Waals surface area contributed by atoms with Crippen LogP contribution in [-0.2, 0) is 19.6 Å². The Kier molecular flexibility index (Phi) is 6.45. The number of carbonyl (C=O) groups excluding carboxylic acids is 2. The molecule has 2 aromatic carbocycles. The van der Waals surface area contributed by atoms with Crippen LogP contribution in [0.2, 0.25) is 0 Å². The molecule has 0 bridgehead atoms. The Balaban J connectivity index is 1.70. The summed E-state index contributed by atoms with van der Waals surface area (Å²) in [5, 5.41) is 14.0. The lowest BCUT2D eigenvalue weighted by molar-refractivity contribution is -0.313. The molecule has 8 heteroatoms. The molecule has 1 aliphatic carbocycles. The molecule has 2 aromatic rings. The molecular weight excluding hydrogens is 404 g/mol. The summed E-state index contributed by atoms with van der Waals surface area (Å²) in [5.41, 5.74) is 2.79. The summed E-state index contributed by atoms with van der Waals surface area (Å²) in [5.74, 6) is -3.01. The van der Waals surface area contributed by atoms with E-state index in [0.29, 0.717) is 24.2 Å². The highest BCUT2D eigenvalue weighted by Crippen LogP contribution is 2.31. The van der Waals surface area contributed by atoms with Gasteiger partial charge in [0.2, 0.25) is 5.91 Å². The SMILES string of the molecule is Cc1cc(C)cc(NS(=O)(=O)c2ccc(NC(=O)[C@@H]3CCCC[C@@H]3C(=O)[O-])cc2)c1. The Morgan fingerprint density at radius 1 is 0.900 bits per heavy atom. The van der Waals surface area contributed by atoms with Crippen LogP contribution in [0, 0.1) is 25.7 Å². The predicted octanol–water partition coefficient (Wildman–Crippen LogP) is 2.60. The van der Waals surface area contributed by atoms with E-state index in [1.807, 2.05) is 19.9 Å². The molecule has 3 rings (SSSR count). The fourth-order valence-corrected chi connectivity index (χ4v) is 4.97. The van der Waals surface area contributed by atoms with E-state index in [9.17, 15) is 23.1 Å². The zero-order valence-electron chi connectivity index (χ0n) is 17.0. The fourth-order valence-electron chi connectivity index (χ4n) is 3.93. The first-order valence-corrected chi connectivity index (χ1v) is 11.4. The number of amides is 1. The molecule has 0 saturated heterocycles. The first kappa shape index (κ1) is 21.8. The quantitative estimate of drug-likeness (QED) is 0.732. The Hall–Kier alpha value is -2.87. The van der Waals surface area contributed by atoms with Gasteiger partial charge in [-0.05, 0) is 74.2 Å². The number of aliphatic carboxylic acids is 1. The lowest BCUT2D eigenvalue weighted by Crippen LogP contribution is -2.42. The van der Waals surface area contributed by atoms with Crippen molar-refractivity contribution in [3.05, 3.63) is 53.6 Å². The number of anilines is 2. The fraction of sp³-hybridized carbons (Fsp3) is 0.364. The Labute approximate surface area is 176 Å². The number of hydrogen-bond acceptors (Lipinski definition) is 5. The van der Waals surface area contributed by atoms with Crippen LogP contribution in [0.5, 0.6) is 0 Å². The average Bonchev–Trinajstić information content (AvgIpc) is 2.67. The second-order valence-electron chi connectivity index (χ2n) is 7.81. The molecule has 0 heterocycles. The van der Waals surface area contributed by atoms with Crippen LogP contribution in [0.3, 0.4) is 0 Å². The molecule has 160 valence electrons. The lowest BCUT2D eigenvalue weighted by Gasteiger charge is -2.31. The molecule has 0 spiro atoms. The van der Waals surface area contributed by atoms with Crippen molar-refractivity contribution < 1.29 is 23.1 Å². The maximum Gasteiger partial charge on any atom is 0.261 e. The van der Waals surface area contributed by atoms with Gasteiger partial charge in [-0.25, -0.2) is 8.42 Å². The van der Waals surface area contributed by atoms with E-state index in [4.69, 9.17) is 0 Å². The highest BCUT2D eigenvalue weighted by atomic mass is 32.2. The van der Waals surface area contributed by atoms with Crippen LogP contribution in [0.4, 0.5) is 11.4 Å². The van der Waals surface area contributed by atoms with Crippen LogP contribution in [0.25, 0.3) is 0 Å². The third-order valence-corrected chi connectivity index (χ3v) is 6.71. The molecule has 1 amide bonds. The molecule has 0 radical (unpaired) electrons. The van der Waals surface area contributed by atoms with E-state index >= 15 is 0 Å². The van der Waals surface area contributed by atoms with Crippen molar-refractivity contribution in [2.75, 3.05) is 10.0 Å². The first-order chi connectivity index (χ1) is 14.2. The highest BCUT2D eigenvalue weighted by Gasteiger charge is 2.31. The molecule has 2 N–H and O–H groups in total. The summed E-state index contributed by atoms with van der Waals surface area (Å²) in [4.78, 5) is 23.9. The second-order valence-corrected chi connectivity index (χ2v) is 9.49. The largest absolute Gasteiger partial charge is 0.550 e. The van der Waals surface area contributed by atoms with Gasteiger partial charge in [0.15, 0.2) is 0 Å². The molecule has 0 aliphatic heterocycles. The van der Waals surface area contributed by atoms with Gasteiger partial charge in [-0.2, -0.15) is 0 Å².